The molecule has 2 heteroatoms. The molecule has 1 N–H and O–H groups in total. The molecule has 1 aliphatic heterocycles. The van der Waals surface area contributed by atoms with Gasteiger partial charge in [-0.25, -0.2) is 0 Å². The number of piperidine rings is 1. The van der Waals surface area contributed by atoms with Gasteiger partial charge in [0.05, 0.1) is 0 Å². The van der Waals surface area contributed by atoms with Crippen molar-refractivity contribution in [2.24, 2.45) is 5.41 Å². The maximum Gasteiger partial charge on any atom is 0.00816 e. The van der Waals surface area contributed by atoms with Crippen molar-refractivity contribution in [3.63, 3.8) is 0 Å². The molecule has 1 saturated carbocycles. The zero-order valence-corrected chi connectivity index (χ0v) is 12.7. The Morgan fingerprint density at radius 3 is 2.22 bits per heavy atom. The van der Waals surface area contributed by atoms with Gasteiger partial charge in [-0.2, -0.15) is 0 Å². The lowest BCUT2D eigenvalue weighted by molar-refractivity contribution is 0.0755. The van der Waals surface area contributed by atoms with Gasteiger partial charge in [-0.1, -0.05) is 19.8 Å². The lowest BCUT2D eigenvalue weighted by Crippen LogP contribution is -2.45. The van der Waals surface area contributed by atoms with Crippen LogP contribution >= 0.6 is 0 Å². The molecule has 1 heterocycles. The molecule has 2 atom stereocenters. The Labute approximate surface area is 114 Å². The van der Waals surface area contributed by atoms with Crippen LogP contribution in [0.15, 0.2) is 0 Å². The molecule has 0 aromatic carbocycles. The molecule has 0 radical (unpaired) electrons. The van der Waals surface area contributed by atoms with Gasteiger partial charge in [0, 0.05) is 12.1 Å². The van der Waals surface area contributed by atoms with Gasteiger partial charge in [0.1, 0.15) is 0 Å². The number of rotatable bonds is 5. The standard InChI is InChI=1S/C16H32N2/c1-4-17-14(2)13-15(3)18-11-9-16(10-12-18)7-5-6-8-16/h14-15,17H,4-13H2,1-3H3. The number of nitrogens with one attached hydrogen (secondary N) is 1. The van der Waals surface area contributed by atoms with Crippen molar-refractivity contribution >= 4 is 0 Å². The Bertz CT molecular complexity index is 235. The van der Waals surface area contributed by atoms with Crippen LogP contribution in [0.3, 0.4) is 0 Å². The van der Waals surface area contributed by atoms with E-state index in [9.17, 15) is 0 Å². The van der Waals surface area contributed by atoms with E-state index < -0.39 is 0 Å². The topological polar surface area (TPSA) is 15.3 Å². The molecule has 2 fully saturated rings. The van der Waals surface area contributed by atoms with Gasteiger partial charge in [0.2, 0.25) is 0 Å². The molecule has 1 spiro atoms. The van der Waals surface area contributed by atoms with Gasteiger partial charge >= 0.3 is 0 Å². The molecule has 2 rings (SSSR count). The molecule has 1 aliphatic carbocycles. The maximum atomic E-state index is 3.54. The molecule has 18 heavy (non-hydrogen) atoms. The first-order valence-electron chi connectivity index (χ1n) is 8.13. The highest BCUT2D eigenvalue weighted by atomic mass is 15.2. The highest BCUT2D eigenvalue weighted by Gasteiger charge is 2.37. The number of nitrogens with zero attached hydrogens (tertiary/aromatic N) is 1. The van der Waals surface area contributed by atoms with Gasteiger partial charge in [-0.15, -0.1) is 0 Å². The van der Waals surface area contributed by atoms with Crippen LogP contribution in [0.2, 0.25) is 0 Å². The third-order valence-electron chi connectivity index (χ3n) is 5.39. The first kappa shape index (κ1) is 14.3. The van der Waals surface area contributed by atoms with Gasteiger partial charge in [0.25, 0.3) is 0 Å². The minimum Gasteiger partial charge on any atom is -0.314 e. The third-order valence-corrected chi connectivity index (χ3v) is 5.39. The summed E-state index contributed by atoms with van der Waals surface area (Å²) >= 11 is 0. The largest absolute Gasteiger partial charge is 0.314 e. The van der Waals surface area contributed by atoms with E-state index in [0.29, 0.717) is 6.04 Å². The van der Waals surface area contributed by atoms with Crippen LogP contribution in [0.5, 0.6) is 0 Å². The van der Waals surface area contributed by atoms with Crippen LogP contribution in [0.1, 0.15) is 65.7 Å². The highest BCUT2D eigenvalue weighted by Crippen LogP contribution is 2.46. The molecule has 0 aromatic heterocycles. The minimum atomic E-state index is 0.660. The Kier molecular flexibility index (Phi) is 5.08. The van der Waals surface area contributed by atoms with Gasteiger partial charge in [-0.3, -0.25) is 0 Å². The summed E-state index contributed by atoms with van der Waals surface area (Å²) in [5.74, 6) is 0. The van der Waals surface area contributed by atoms with Crippen LogP contribution in [-0.4, -0.2) is 36.6 Å². The van der Waals surface area contributed by atoms with Crippen LogP contribution < -0.4 is 5.32 Å². The monoisotopic (exact) mass is 252 g/mol. The quantitative estimate of drug-likeness (QED) is 0.806. The van der Waals surface area contributed by atoms with Crippen molar-refractivity contribution < 1.29 is 0 Å². The molecule has 0 amide bonds. The van der Waals surface area contributed by atoms with E-state index >= 15 is 0 Å². The fraction of sp³-hybridized carbons (Fsp3) is 1.00. The van der Waals surface area contributed by atoms with Crippen molar-refractivity contribution in [2.75, 3.05) is 19.6 Å². The molecular weight excluding hydrogens is 220 g/mol. The maximum absolute atomic E-state index is 3.54. The molecule has 1 saturated heterocycles. The van der Waals surface area contributed by atoms with Crippen molar-refractivity contribution in [1.82, 2.24) is 10.2 Å². The van der Waals surface area contributed by atoms with Gasteiger partial charge in [-0.05, 0) is 71.0 Å². The lowest BCUT2D eigenvalue weighted by Gasteiger charge is -2.42. The summed E-state index contributed by atoms with van der Waals surface area (Å²) in [6, 6.07) is 1.41. The number of likely N-dealkylation sites (tertiary alicyclic amines) is 1. The first-order valence-corrected chi connectivity index (χ1v) is 8.13. The molecule has 2 aliphatic rings. The predicted molar refractivity (Wildman–Crippen MR) is 78.9 cm³/mol. The fourth-order valence-corrected chi connectivity index (χ4v) is 4.16. The second-order valence-corrected chi connectivity index (χ2v) is 6.79. The molecule has 0 aromatic rings. The Morgan fingerprint density at radius 1 is 1.06 bits per heavy atom. The van der Waals surface area contributed by atoms with Crippen LogP contribution in [0.25, 0.3) is 0 Å². The second-order valence-electron chi connectivity index (χ2n) is 6.79. The van der Waals surface area contributed by atoms with Crippen molar-refractivity contribution in [3.8, 4) is 0 Å². The summed E-state index contributed by atoms with van der Waals surface area (Å²) in [6.45, 7) is 10.7. The Hall–Kier alpha value is -0.0800. The van der Waals surface area contributed by atoms with E-state index in [1.807, 2.05) is 0 Å². The zero-order valence-electron chi connectivity index (χ0n) is 12.7. The van der Waals surface area contributed by atoms with Gasteiger partial charge in [0.15, 0.2) is 0 Å². The Balaban J connectivity index is 1.74. The molecular formula is C16H32N2. The summed E-state index contributed by atoms with van der Waals surface area (Å²) in [5.41, 5.74) is 0.767. The SMILES string of the molecule is CCNC(C)CC(C)N1CCC2(CCCC2)CC1. The third kappa shape index (κ3) is 3.48. The van der Waals surface area contributed by atoms with E-state index in [-0.39, 0.29) is 0 Å². The molecule has 2 unspecified atom stereocenters. The van der Waals surface area contributed by atoms with Crippen LogP contribution in [0, 0.1) is 5.41 Å². The van der Waals surface area contributed by atoms with Crippen molar-refractivity contribution in [2.45, 2.75) is 77.8 Å². The van der Waals surface area contributed by atoms with E-state index in [2.05, 4.69) is 31.0 Å². The number of hydrogen-bond acceptors (Lipinski definition) is 2. The predicted octanol–water partition coefficient (Wildman–Crippen LogP) is 3.42. The van der Waals surface area contributed by atoms with Crippen molar-refractivity contribution in [3.05, 3.63) is 0 Å². The average molecular weight is 252 g/mol. The zero-order chi connectivity index (χ0) is 13.0. The summed E-state index contributed by atoms with van der Waals surface area (Å²) in [4.78, 5) is 2.73. The molecule has 106 valence electrons. The minimum absolute atomic E-state index is 0.660. The first-order chi connectivity index (χ1) is 8.65. The number of hydrogen-bond donors (Lipinski definition) is 1. The molecule has 2 nitrogen and oxygen atoms in total. The summed E-state index contributed by atoms with van der Waals surface area (Å²) in [6.07, 6.45) is 10.2. The van der Waals surface area contributed by atoms with E-state index in [1.165, 1.54) is 58.0 Å². The summed E-state index contributed by atoms with van der Waals surface area (Å²) in [7, 11) is 0. The van der Waals surface area contributed by atoms with E-state index in [1.54, 1.807) is 0 Å². The fourth-order valence-electron chi connectivity index (χ4n) is 4.16. The van der Waals surface area contributed by atoms with Crippen LogP contribution in [-0.2, 0) is 0 Å². The average Bonchev–Trinajstić information content (AvgIpc) is 2.78. The smallest absolute Gasteiger partial charge is 0.00816 e. The lowest BCUT2D eigenvalue weighted by atomic mass is 9.76. The van der Waals surface area contributed by atoms with Gasteiger partial charge < -0.3 is 10.2 Å². The summed E-state index contributed by atoms with van der Waals surface area (Å²) in [5, 5.41) is 3.54. The van der Waals surface area contributed by atoms with Crippen molar-refractivity contribution in [1.29, 1.82) is 0 Å². The summed E-state index contributed by atoms with van der Waals surface area (Å²) < 4.78 is 0. The molecule has 0 bridgehead atoms. The second kappa shape index (κ2) is 6.38. The van der Waals surface area contributed by atoms with E-state index in [4.69, 9.17) is 0 Å². The van der Waals surface area contributed by atoms with E-state index in [0.717, 1.165) is 18.0 Å². The normalized spacial score (nSPS) is 27.5. The highest BCUT2D eigenvalue weighted by molar-refractivity contribution is 4.91. The Morgan fingerprint density at radius 2 is 1.67 bits per heavy atom. The van der Waals surface area contributed by atoms with Crippen LogP contribution in [0.4, 0.5) is 0 Å².